The third-order valence-electron chi connectivity index (χ3n) is 3.45. The molecule has 0 saturated heterocycles. The topological polar surface area (TPSA) is 24.9 Å². The highest BCUT2D eigenvalue weighted by Crippen LogP contribution is 2.24. The van der Waals surface area contributed by atoms with E-state index in [9.17, 15) is 0 Å². The van der Waals surface area contributed by atoms with Gasteiger partial charge in [0.1, 0.15) is 5.01 Å². The molecule has 0 spiro atoms. The minimum atomic E-state index is 0.417. The van der Waals surface area contributed by atoms with Crippen LogP contribution < -0.4 is 5.32 Å². The molecule has 0 radical (unpaired) electrons. The van der Waals surface area contributed by atoms with Crippen molar-refractivity contribution in [2.24, 2.45) is 5.92 Å². The Morgan fingerprint density at radius 3 is 2.81 bits per heavy atom. The van der Waals surface area contributed by atoms with Gasteiger partial charge in [-0.05, 0) is 39.2 Å². The summed E-state index contributed by atoms with van der Waals surface area (Å²) in [5.41, 5.74) is 0. The summed E-state index contributed by atoms with van der Waals surface area (Å²) in [5, 5.41) is 4.86. The van der Waals surface area contributed by atoms with Gasteiger partial charge in [0, 0.05) is 11.1 Å². The Balaban J connectivity index is 1.76. The number of hydrogen-bond donors (Lipinski definition) is 1. The van der Waals surface area contributed by atoms with Crippen LogP contribution in [0.1, 0.15) is 55.0 Å². The fourth-order valence-electron chi connectivity index (χ4n) is 2.39. The van der Waals surface area contributed by atoms with E-state index in [0.717, 1.165) is 5.92 Å². The number of aromatic nitrogens is 1. The van der Waals surface area contributed by atoms with E-state index in [1.165, 1.54) is 48.5 Å². The van der Waals surface area contributed by atoms with Gasteiger partial charge in [0.05, 0.1) is 6.04 Å². The lowest BCUT2D eigenvalue weighted by atomic mass is 9.89. The van der Waals surface area contributed by atoms with E-state index in [-0.39, 0.29) is 0 Å². The highest BCUT2D eigenvalue weighted by molar-refractivity contribution is 7.11. The van der Waals surface area contributed by atoms with Crippen molar-refractivity contribution in [1.29, 1.82) is 0 Å². The monoisotopic (exact) mass is 238 g/mol. The first-order valence-corrected chi connectivity index (χ1v) is 7.23. The smallest absolute Gasteiger partial charge is 0.109 e. The van der Waals surface area contributed by atoms with Crippen molar-refractivity contribution in [3.05, 3.63) is 16.1 Å². The molecule has 90 valence electrons. The zero-order valence-corrected chi connectivity index (χ0v) is 11.1. The third kappa shape index (κ3) is 3.29. The van der Waals surface area contributed by atoms with Crippen LogP contribution in [0.25, 0.3) is 0 Å². The molecule has 2 nitrogen and oxygen atoms in total. The van der Waals surface area contributed by atoms with Crippen molar-refractivity contribution in [2.45, 2.75) is 52.0 Å². The molecule has 0 aromatic carbocycles. The summed E-state index contributed by atoms with van der Waals surface area (Å²) >= 11 is 1.81. The molecule has 0 aliphatic heterocycles. The van der Waals surface area contributed by atoms with Gasteiger partial charge in [0.2, 0.25) is 0 Å². The maximum Gasteiger partial charge on any atom is 0.109 e. The highest BCUT2D eigenvalue weighted by Gasteiger charge is 2.15. The Labute approximate surface area is 102 Å². The van der Waals surface area contributed by atoms with Gasteiger partial charge in [0.25, 0.3) is 0 Å². The van der Waals surface area contributed by atoms with Crippen molar-refractivity contribution in [1.82, 2.24) is 10.3 Å². The van der Waals surface area contributed by atoms with E-state index in [0.29, 0.717) is 6.04 Å². The standard InChI is InChI=1S/C13H22N2S/c1-10-8-15-13(16-10)11(2)14-9-12-6-4-3-5-7-12/h8,11-12,14H,3-7,9H2,1-2H3. The van der Waals surface area contributed by atoms with Gasteiger partial charge in [-0.25, -0.2) is 4.98 Å². The van der Waals surface area contributed by atoms with Crippen LogP contribution in [0, 0.1) is 12.8 Å². The van der Waals surface area contributed by atoms with Gasteiger partial charge in [0.15, 0.2) is 0 Å². The zero-order valence-electron chi connectivity index (χ0n) is 10.3. The molecule has 1 fully saturated rings. The second kappa shape index (κ2) is 5.78. The first-order valence-electron chi connectivity index (χ1n) is 6.41. The summed E-state index contributed by atoms with van der Waals surface area (Å²) in [6.07, 6.45) is 9.10. The van der Waals surface area contributed by atoms with Crippen molar-refractivity contribution in [3.63, 3.8) is 0 Å². The molecule has 1 atom stereocenters. The molecule has 1 unspecified atom stereocenters. The lowest BCUT2D eigenvalue weighted by Crippen LogP contribution is -2.26. The summed E-state index contributed by atoms with van der Waals surface area (Å²) in [7, 11) is 0. The molecular weight excluding hydrogens is 216 g/mol. The SMILES string of the molecule is Cc1cnc(C(C)NCC2CCCCC2)s1. The summed E-state index contributed by atoms with van der Waals surface area (Å²) in [5.74, 6) is 0.900. The molecule has 2 rings (SSSR count). The molecular formula is C13H22N2S. The Hall–Kier alpha value is -0.410. The molecule has 1 aliphatic carbocycles. The van der Waals surface area contributed by atoms with Crippen LogP contribution in [0.15, 0.2) is 6.20 Å². The van der Waals surface area contributed by atoms with Crippen LogP contribution in [-0.2, 0) is 0 Å². The summed E-state index contributed by atoms with van der Waals surface area (Å²) < 4.78 is 0. The normalized spacial score (nSPS) is 19.9. The number of thiazole rings is 1. The van der Waals surface area contributed by atoms with Crippen molar-refractivity contribution in [3.8, 4) is 0 Å². The number of aryl methyl sites for hydroxylation is 1. The first kappa shape index (κ1) is 12.1. The number of rotatable bonds is 4. The first-order chi connectivity index (χ1) is 7.75. The van der Waals surface area contributed by atoms with Gasteiger partial charge in [-0.2, -0.15) is 0 Å². The molecule has 1 saturated carbocycles. The van der Waals surface area contributed by atoms with E-state index >= 15 is 0 Å². The fourth-order valence-corrected chi connectivity index (χ4v) is 3.20. The Morgan fingerprint density at radius 1 is 1.44 bits per heavy atom. The Kier molecular flexibility index (Phi) is 4.36. The van der Waals surface area contributed by atoms with Crippen molar-refractivity contribution in [2.75, 3.05) is 6.54 Å². The summed E-state index contributed by atoms with van der Waals surface area (Å²) in [6, 6.07) is 0.417. The van der Waals surface area contributed by atoms with Gasteiger partial charge in [-0.3, -0.25) is 0 Å². The van der Waals surface area contributed by atoms with Crippen molar-refractivity contribution >= 4 is 11.3 Å². The molecule has 1 heterocycles. The Morgan fingerprint density at radius 2 is 2.19 bits per heavy atom. The summed E-state index contributed by atoms with van der Waals surface area (Å²) in [4.78, 5) is 5.74. The molecule has 1 aromatic heterocycles. The molecule has 16 heavy (non-hydrogen) atoms. The molecule has 0 bridgehead atoms. The zero-order chi connectivity index (χ0) is 11.4. The van der Waals surface area contributed by atoms with Gasteiger partial charge >= 0.3 is 0 Å². The fraction of sp³-hybridized carbons (Fsp3) is 0.769. The van der Waals surface area contributed by atoms with Gasteiger partial charge in [-0.15, -0.1) is 11.3 Å². The highest BCUT2D eigenvalue weighted by atomic mass is 32.1. The predicted molar refractivity (Wildman–Crippen MR) is 69.8 cm³/mol. The molecule has 1 aromatic rings. The summed E-state index contributed by atoms with van der Waals surface area (Å²) in [6.45, 7) is 5.51. The van der Waals surface area contributed by atoms with Gasteiger partial charge < -0.3 is 5.32 Å². The van der Waals surface area contributed by atoms with E-state index in [4.69, 9.17) is 0 Å². The predicted octanol–water partition coefficient (Wildman–Crippen LogP) is 3.68. The van der Waals surface area contributed by atoms with Crippen LogP contribution >= 0.6 is 11.3 Å². The van der Waals surface area contributed by atoms with E-state index in [1.54, 1.807) is 0 Å². The average Bonchev–Trinajstić information content (AvgIpc) is 2.74. The third-order valence-corrected chi connectivity index (χ3v) is 4.54. The number of hydrogen-bond acceptors (Lipinski definition) is 3. The van der Waals surface area contributed by atoms with Crippen LogP contribution in [0.5, 0.6) is 0 Å². The van der Waals surface area contributed by atoms with E-state index in [1.807, 2.05) is 17.5 Å². The molecule has 0 amide bonds. The van der Waals surface area contributed by atoms with Crippen LogP contribution in [-0.4, -0.2) is 11.5 Å². The molecule has 3 heteroatoms. The van der Waals surface area contributed by atoms with Crippen LogP contribution in [0.4, 0.5) is 0 Å². The second-order valence-electron chi connectivity index (χ2n) is 4.94. The average molecular weight is 238 g/mol. The number of nitrogens with zero attached hydrogens (tertiary/aromatic N) is 1. The minimum Gasteiger partial charge on any atom is -0.308 e. The van der Waals surface area contributed by atoms with E-state index < -0.39 is 0 Å². The molecule has 1 N–H and O–H groups in total. The Bertz CT molecular complexity index is 315. The van der Waals surface area contributed by atoms with Crippen molar-refractivity contribution < 1.29 is 0 Å². The maximum absolute atomic E-state index is 4.44. The largest absolute Gasteiger partial charge is 0.308 e. The number of nitrogens with one attached hydrogen (secondary N) is 1. The van der Waals surface area contributed by atoms with E-state index in [2.05, 4.69) is 24.1 Å². The molecule has 1 aliphatic rings. The lowest BCUT2D eigenvalue weighted by molar-refractivity contribution is 0.331. The van der Waals surface area contributed by atoms with Crippen LogP contribution in [0.3, 0.4) is 0 Å². The quantitative estimate of drug-likeness (QED) is 0.865. The second-order valence-corrected chi connectivity index (χ2v) is 6.21. The van der Waals surface area contributed by atoms with Crippen LogP contribution in [0.2, 0.25) is 0 Å². The minimum absolute atomic E-state index is 0.417. The van der Waals surface area contributed by atoms with Gasteiger partial charge in [-0.1, -0.05) is 19.3 Å². The lowest BCUT2D eigenvalue weighted by Gasteiger charge is -2.23. The maximum atomic E-state index is 4.44.